The molecule has 0 aromatic heterocycles. The lowest BCUT2D eigenvalue weighted by Crippen LogP contribution is -2.54. The van der Waals surface area contributed by atoms with Gasteiger partial charge in [-0.2, -0.15) is 0 Å². The number of carbonyl (C=O) groups excluding carboxylic acids is 3. The van der Waals surface area contributed by atoms with Gasteiger partial charge in [0.25, 0.3) is 5.91 Å². The maximum Gasteiger partial charge on any atom is 0.318 e. The third kappa shape index (κ3) is 6.18. The monoisotopic (exact) mass is 480 g/mol. The van der Waals surface area contributed by atoms with Gasteiger partial charge in [-0.1, -0.05) is 42.8 Å². The molecule has 8 heteroatoms. The van der Waals surface area contributed by atoms with Gasteiger partial charge in [-0.05, 0) is 43.0 Å². The van der Waals surface area contributed by atoms with E-state index in [4.69, 9.17) is 0 Å². The highest BCUT2D eigenvalue weighted by atomic mass is 19.1. The van der Waals surface area contributed by atoms with E-state index in [0.29, 0.717) is 56.8 Å². The van der Waals surface area contributed by atoms with Crippen molar-refractivity contribution in [2.24, 2.45) is 0 Å². The van der Waals surface area contributed by atoms with Crippen LogP contribution in [-0.4, -0.2) is 71.8 Å². The molecule has 0 spiro atoms. The van der Waals surface area contributed by atoms with E-state index in [-0.39, 0.29) is 23.9 Å². The molecule has 2 fully saturated rings. The number of likely N-dealkylation sites (tertiary alicyclic amines) is 1. The highest BCUT2D eigenvalue weighted by Gasteiger charge is 2.28. The number of hydrogen-bond donors (Lipinski definition) is 1. The molecule has 4 rings (SSSR count). The molecule has 0 unspecified atom stereocenters. The van der Waals surface area contributed by atoms with Gasteiger partial charge in [0.2, 0.25) is 5.91 Å². The molecule has 1 N–H and O–H groups in total. The second-order valence-electron chi connectivity index (χ2n) is 9.31. The van der Waals surface area contributed by atoms with Crippen LogP contribution in [0.3, 0.4) is 0 Å². The van der Waals surface area contributed by atoms with E-state index in [9.17, 15) is 18.8 Å². The number of benzene rings is 2. The van der Waals surface area contributed by atoms with Gasteiger partial charge < -0.3 is 20.0 Å². The summed E-state index contributed by atoms with van der Waals surface area (Å²) >= 11 is 0. The van der Waals surface area contributed by atoms with Crippen molar-refractivity contribution in [1.29, 1.82) is 0 Å². The van der Waals surface area contributed by atoms with E-state index < -0.39 is 5.82 Å². The van der Waals surface area contributed by atoms with Crippen molar-refractivity contribution in [2.45, 2.75) is 38.6 Å². The normalized spacial score (nSPS) is 17.7. The van der Waals surface area contributed by atoms with Crippen molar-refractivity contribution in [3.8, 4) is 0 Å². The Kier molecular flexibility index (Phi) is 8.00. The fourth-order valence-corrected chi connectivity index (χ4v) is 4.63. The van der Waals surface area contributed by atoms with Crippen LogP contribution in [0.15, 0.2) is 48.5 Å². The fraction of sp³-hybridized carbons (Fsp3) is 0.444. The summed E-state index contributed by atoms with van der Waals surface area (Å²) in [4.78, 5) is 43.7. The standard InChI is InChI=1S/C27H33FN4O3/c1-20-11-12-22(18-23(20)28)26(34)30-14-16-31(17-15-30)27(35)29-24(21-8-4-2-5-9-21)19-32-13-7-3-6-10-25(32)33/h2,4-5,8-9,11-12,18,24H,3,6-7,10,13-17,19H2,1H3,(H,29,35)/t24-/m0/s1. The molecule has 2 heterocycles. The average molecular weight is 481 g/mol. The van der Waals surface area contributed by atoms with Crippen molar-refractivity contribution in [3.63, 3.8) is 0 Å². The molecule has 2 saturated heterocycles. The number of rotatable bonds is 5. The lowest BCUT2D eigenvalue weighted by Gasteiger charge is -2.36. The predicted octanol–water partition coefficient (Wildman–Crippen LogP) is 3.75. The van der Waals surface area contributed by atoms with Gasteiger partial charge in [0.1, 0.15) is 5.82 Å². The highest BCUT2D eigenvalue weighted by molar-refractivity contribution is 5.94. The summed E-state index contributed by atoms with van der Waals surface area (Å²) in [5.74, 6) is -0.494. The predicted molar refractivity (Wildman–Crippen MR) is 131 cm³/mol. The molecule has 0 aliphatic carbocycles. The van der Waals surface area contributed by atoms with E-state index in [1.807, 2.05) is 35.2 Å². The zero-order valence-corrected chi connectivity index (χ0v) is 20.2. The zero-order valence-electron chi connectivity index (χ0n) is 20.2. The number of halogens is 1. The van der Waals surface area contributed by atoms with E-state index in [0.717, 1.165) is 24.8 Å². The van der Waals surface area contributed by atoms with Crippen molar-refractivity contribution >= 4 is 17.8 Å². The smallest absolute Gasteiger partial charge is 0.318 e. The molecular weight excluding hydrogens is 447 g/mol. The first-order chi connectivity index (χ1) is 16.9. The Morgan fingerprint density at radius 3 is 2.37 bits per heavy atom. The molecule has 35 heavy (non-hydrogen) atoms. The van der Waals surface area contributed by atoms with Gasteiger partial charge in [0, 0.05) is 51.3 Å². The number of nitrogens with zero attached hydrogens (tertiary/aromatic N) is 3. The molecule has 2 aromatic carbocycles. The summed E-state index contributed by atoms with van der Waals surface area (Å²) in [5.41, 5.74) is 1.77. The topological polar surface area (TPSA) is 73.0 Å². The minimum absolute atomic E-state index is 0.136. The van der Waals surface area contributed by atoms with Crippen LogP contribution in [0.1, 0.15) is 53.2 Å². The fourth-order valence-electron chi connectivity index (χ4n) is 4.63. The Labute approximate surface area is 205 Å². The Morgan fingerprint density at radius 1 is 0.943 bits per heavy atom. The lowest BCUT2D eigenvalue weighted by molar-refractivity contribution is -0.131. The minimum Gasteiger partial charge on any atom is -0.340 e. The van der Waals surface area contributed by atoms with Crippen molar-refractivity contribution in [3.05, 3.63) is 71.0 Å². The molecule has 0 radical (unpaired) electrons. The van der Waals surface area contributed by atoms with Crippen LogP contribution in [0.4, 0.5) is 9.18 Å². The first-order valence-electron chi connectivity index (χ1n) is 12.4. The molecule has 4 amide bonds. The number of amides is 4. The molecular formula is C27H33FN4O3. The number of carbonyl (C=O) groups is 3. The number of aryl methyl sites for hydroxylation is 1. The Balaban J connectivity index is 1.38. The van der Waals surface area contributed by atoms with Crippen molar-refractivity contribution in [1.82, 2.24) is 20.0 Å². The van der Waals surface area contributed by atoms with Gasteiger partial charge in [-0.3, -0.25) is 9.59 Å². The summed E-state index contributed by atoms with van der Waals surface area (Å²) in [7, 11) is 0. The van der Waals surface area contributed by atoms with Crippen LogP contribution < -0.4 is 5.32 Å². The van der Waals surface area contributed by atoms with Crippen LogP contribution in [0.5, 0.6) is 0 Å². The third-order valence-electron chi connectivity index (χ3n) is 6.85. The van der Waals surface area contributed by atoms with Crippen LogP contribution in [-0.2, 0) is 4.79 Å². The molecule has 2 aliphatic rings. The van der Waals surface area contributed by atoms with Crippen molar-refractivity contribution < 1.29 is 18.8 Å². The van der Waals surface area contributed by atoms with Gasteiger partial charge >= 0.3 is 6.03 Å². The van der Waals surface area contributed by atoms with E-state index >= 15 is 0 Å². The summed E-state index contributed by atoms with van der Waals surface area (Å²) in [6, 6.07) is 13.7. The van der Waals surface area contributed by atoms with Gasteiger partial charge in [-0.15, -0.1) is 0 Å². The summed E-state index contributed by atoms with van der Waals surface area (Å²) < 4.78 is 13.9. The van der Waals surface area contributed by atoms with Gasteiger partial charge in [0.05, 0.1) is 6.04 Å². The number of hydrogen-bond acceptors (Lipinski definition) is 3. The Bertz CT molecular complexity index is 1050. The molecule has 0 bridgehead atoms. The first kappa shape index (κ1) is 24.7. The van der Waals surface area contributed by atoms with Crippen molar-refractivity contribution in [2.75, 3.05) is 39.3 Å². The maximum atomic E-state index is 13.9. The second kappa shape index (κ2) is 11.3. The summed E-state index contributed by atoms with van der Waals surface area (Å²) in [6.07, 6.45) is 3.48. The number of piperazine rings is 1. The van der Waals surface area contributed by atoms with E-state index in [2.05, 4.69) is 5.32 Å². The lowest BCUT2D eigenvalue weighted by atomic mass is 10.1. The maximum absolute atomic E-state index is 13.9. The summed E-state index contributed by atoms with van der Waals surface area (Å²) in [6.45, 7) is 4.33. The second-order valence-corrected chi connectivity index (χ2v) is 9.31. The summed E-state index contributed by atoms with van der Waals surface area (Å²) in [5, 5.41) is 3.12. The average Bonchev–Trinajstić information content (AvgIpc) is 3.09. The first-order valence-corrected chi connectivity index (χ1v) is 12.4. The molecule has 2 aromatic rings. The van der Waals surface area contributed by atoms with Crippen LogP contribution in [0, 0.1) is 12.7 Å². The van der Waals surface area contributed by atoms with Gasteiger partial charge in [0.15, 0.2) is 0 Å². The SMILES string of the molecule is Cc1ccc(C(=O)N2CCN(C(=O)N[C@@H](CN3CCCCCC3=O)c3ccccc3)CC2)cc1F. The molecule has 0 saturated carbocycles. The number of urea groups is 1. The van der Waals surface area contributed by atoms with Crippen LogP contribution in [0.25, 0.3) is 0 Å². The molecule has 1 atom stereocenters. The Morgan fingerprint density at radius 2 is 1.66 bits per heavy atom. The van der Waals surface area contributed by atoms with E-state index in [1.54, 1.807) is 28.9 Å². The molecule has 186 valence electrons. The quantitative estimate of drug-likeness (QED) is 0.709. The van der Waals surface area contributed by atoms with Gasteiger partial charge in [-0.25, -0.2) is 9.18 Å². The minimum atomic E-state index is -0.399. The number of nitrogens with one attached hydrogen (secondary N) is 1. The largest absolute Gasteiger partial charge is 0.340 e. The zero-order chi connectivity index (χ0) is 24.8. The van der Waals surface area contributed by atoms with E-state index in [1.165, 1.54) is 6.07 Å². The van der Waals surface area contributed by atoms with Crippen LogP contribution in [0.2, 0.25) is 0 Å². The van der Waals surface area contributed by atoms with Crippen LogP contribution >= 0.6 is 0 Å². The molecule has 2 aliphatic heterocycles. The Hall–Kier alpha value is -3.42. The third-order valence-corrected chi connectivity index (χ3v) is 6.85. The highest BCUT2D eigenvalue weighted by Crippen LogP contribution is 2.19. The molecule has 7 nitrogen and oxygen atoms in total.